The number of aromatic nitrogens is 2. The van der Waals surface area contributed by atoms with Gasteiger partial charge in [0, 0.05) is 77.9 Å². The van der Waals surface area contributed by atoms with Crippen molar-refractivity contribution < 1.29 is 30.2 Å². The normalized spacial score (nSPS) is 12.3. The number of furan rings is 1. The largest absolute Gasteiger partial charge is 0.509 e. The molecular weight excluding hydrogens is 932 g/mol. The fourth-order valence-electron chi connectivity index (χ4n) is 8.74. The SMILES string of the molecule is [Pt].[c-]1c(Oc2[c-]c3c(cc2)c2ccccc2n3-c2ccccn2)cccc1N1[CH-]N(c2c(-c3ccccc3)cccc2-c2ccccc2)c2c1ccc1oc3ccccc3c21. The first-order valence-electron chi connectivity index (χ1n) is 20.0. The Hall–Kier alpha value is -7.40. The Balaban J connectivity index is 0.00000420. The molecule has 0 spiro atoms. The first kappa shape index (κ1) is 36.7. The minimum atomic E-state index is 0. The van der Waals surface area contributed by atoms with Gasteiger partial charge in [0.05, 0.1) is 5.39 Å². The summed E-state index contributed by atoms with van der Waals surface area (Å²) in [6.07, 6.45) is 1.81. The van der Waals surface area contributed by atoms with Crippen LogP contribution < -0.4 is 14.5 Å². The number of hydrogen-bond donors (Lipinski definition) is 0. The van der Waals surface area contributed by atoms with Crippen molar-refractivity contribution in [3.05, 3.63) is 213 Å². The summed E-state index contributed by atoms with van der Waals surface area (Å²) < 4.78 is 15.3. The minimum Gasteiger partial charge on any atom is -0.509 e. The molecule has 11 aromatic rings. The van der Waals surface area contributed by atoms with Crippen LogP contribution in [0.3, 0.4) is 0 Å². The quantitative estimate of drug-likeness (QED) is 0.149. The molecule has 0 atom stereocenters. The van der Waals surface area contributed by atoms with Gasteiger partial charge in [-0.15, -0.1) is 48.1 Å². The number of pyridine rings is 1. The number of anilines is 4. The maximum Gasteiger partial charge on any atom is 0.137 e. The van der Waals surface area contributed by atoms with Gasteiger partial charge in [-0.1, -0.05) is 127 Å². The number of para-hydroxylation sites is 3. The molecule has 1 aliphatic heterocycles. The summed E-state index contributed by atoms with van der Waals surface area (Å²) in [7, 11) is 0. The molecule has 6 nitrogen and oxygen atoms in total. The fraction of sp³-hybridized carbons (Fsp3) is 0. The predicted molar refractivity (Wildman–Crippen MR) is 242 cm³/mol. The Kier molecular flexibility index (Phi) is 9.02. The molecule has 0 radical (unpaired) electrons. The van der Waals surface area contributed by atoms with Crippen LogP contribution in [-0.2, 0) is 21.1 Å². The number of hydrogen-bond acceptors (Lipinski definition) is 5. The molecule has 0 bridgehead atoms. The van der Waals surface area contributed by atoms with Crippen LogP contribution in [0.4, 0.5) is 22.7 Å². The van der Waals surface area contributed by atoms with Gasteiger partial charge in [0.15, 0.2) is 0 Å². The van der Waals surface area contributed by atoms with Crippen molar-refractivity contribution >= 4 is 66.5 Å². The third-order valence-corrected chi connectivity index (χ3v) is 11.3. The molecule has 8 aromatic carbocycles. The Morgan fingerprint density at radius 1 is 0.508 bits per heavy atom. The van der Waals surface area contributed by atoms with Crippen molar-refractivity contribution in [2.45, 2.75) is 0 Å². The third-order valence-electron chi connectivity index (χ3n) is 11.3. The van der Waals surface area contributed by atoms with Gasteiger partial charge in [0.25, 0.3) is 0 Å². The Morgan fingerprint density at radius 3 is 1.97 bits per heavy atom. The molecule has 0 aliphatic carbocycles. The van der Waals surface area contributed by atoms with Crippen LogP contribution in [0.1, 0.15) is 0 Å². The number of fused-ring (bicyclic) bond motifs is 8. The van der Waals surface area contributed by atoms with E-state index in [1.54, 1.807) is 0 Å². The smallest absolute Gasteiger partial charge is 0.137 e. The summed E-state index contributed by atoms with van der Waals surface area (Å²) in [5, 5.41) is 4.31. The zero-order valence-electron chi connectivity index (χ0n) is 32.5. The van der Waals surface area contributed by atoms with Crippen molar-refractivity contribution in [3.8, 4) is 39.6 Å². The van der Waals surface area contributed by atoms with Crippen molar-refractivity contribution in [2.24, 2.45) is 0 Å². The van der Waals surface area contributed by atoms with Gasteiger partial charge < -0.3 is 23.5 Å². The first-order valence-corrected chi connectivity index (χ1v) is 20.0. The van der Waals surface area contributed by atoms with Gasteiger partial charge in [0.2, 0.25) is 0 Å². The summed E-state index contributed by atoms with van der Waals surface area (Å²) in [6, 6.07) is 71.9. The molecule has 4 heterocycles. The van der Waals surface area contributed by atoms with Crippen molar-refractivity contribution in [3.63, 3.8) is 0 Å². The van der Waals surface area contributed by atoms with Crippen molar-refractivity contribution in [1.29, 1.82) is 0 Å². The summed E-state index contributed by atoms with van der Waals surface area (Å²) in [5.41, 5.74) is 12.0. The van der Waals surface area contributed by atoms with Crippen molar-refractivity contribution in [1.82, 2.24) is 9.55 Å². The summed E-state index contributed by atoms with van der Waals surface area (Å²) in [4.78, 5) is 9.23. The first-order chi connectivity index (χ1) is 29.8. The molecule has 61 heavy (non-hydrogen) atoms. The van der Waals surface area contributed by atoms with E-state index < -0.39 is 0 Å². The average molecular weight is 965 g/mol. The molecule has 0 amide bonds. The molecule has 0 saturated heterocycles. The van der Waals surface area contributed by atoms with E-state index in [9.17, 15) is 0 Å². The van der Waals surface area contributed by atoms with Crippen LogP contribution in [0, 0.1) is 18.8 Å². The summed E-state index contributed by atoms with van der Waals surface area (Å²) in [6.45, 7) is 2.18. The van der Waals surface area contributed by atoms with E-state index in [0.29, 0.717) is 11.5 Å². The van der Waals surface area contributed by atoms with E-state index in [-0.39, 0.29) is 21.1 Å². The molecule has 0 unspecified atom stereocenters. The van der Waals surface area contributed by atoms with Crippen LogP contribution >= 0.6 is 0 Å². The van der Waals surface area contributed by atoms with Gasteiger partial charge in [0.1, 0.15) is 17.0 Å². The van der Waals surface area contributed by atoms with Crippen molar-refractivity contribution in [2.75, 3.05) is 9.80 Å². The molecule has 294 valence electrons. The van der Waals surface area contributed by atoms with E-state index >= 15 is 0 Å². The Morgan fingerprint density at radius 2 is 1.20 bits per heavy atom. The van der Waals surface area contributed by atoms with E-state index in [4.69, 9.17) is 14.1 Å². The third kappa shape index (κ3) is 6.10. The number of nitrogens with zero attached hydrogens (tertiary/aromatic N) is 4. The van der Waals surface area contributed by atoms with Gasteiger partial charge >= 0.3 is 0 Å². The second-order valence-electron chi connectivity index (χ2n) is 14.8. The molecule has 0 fully saturated rings. The minimum absolute atomic E-state index is 0. The molecule has 1 aliphatic rings. The average Bonchev–Trinajstić information content (AvgIpc) is 3.99. The van der Waals surface area contributed by atoms with Crippen LogP contribution in [0.2, 0.25) is 0 Å². The Labute approximate surface area is 366 Å². The second kappa shape index (κ2) is 15.0. The van der Waals surface area contributed by atoms with E-state index in [0.717, 1.165) is 94.6 Å². The van der Waals surface area contributed by atoms with Gasteiger partial charge in [-0.3, -0.25) is 0 Å². The van der Waals surface area contributed by atoms with Gasteiger partial charge in [-0.25, -0.2) is 4.98 Å². The predicted octanol–water partition coefficient (Wildman–Crippen LogP) is 14.2. The topological polar surface area (TPSA) is 46.7 Å². The van der Waals surface area contributed by atoms with Crippen LogP contribution in [0.25, 0.3) is 71.8 Å². The molecule has 7 heteroatoms. The molecule has 0 N–H and O–H groups in total. The summed E-state index contributed by atoms with van der Waals surface area (Å²) >= 11 is 0. The maximum absolute atomic E-state index is 6.63. The van der Waals surface area contributed by atoms with Gasteiger partial charge in [-0.2, -0.15) is 12.1 Å². The van der Waals surface area contributed by atoms with Crippen LogP contribution in [0.5, 0.6) is 11.5 Å². The number of ether oxygens (including phenoxy) is 1. The van der Waals surface area contributed by atoms with E-state index in [1.807, 2.05) is 54.7 Å². The van der Waals surface area contributed by atoms with Crippen LogP contribution in [-0.4, -0.2) is 9.55 Å². The second-order valence-corrected chi connectivity index (χ2v) is 14.8. The van der Waals surface area contributed by atoms with E-state index in [2.05, 4.69) is 173 Å². The van der Waals surface area contributed by atoms with Gasteiger partial charge in [-0.05, 0) is 52.9 Å². The Bertz CT molecular complexity index is 3340. The molecule has 12 rings (SSSR count). The molecule has 0 saturated carbocycles. The van der Waals surface area contributed by atoms with Crippen LogP contribution in [0.15, 0.2) is 199 Å². The fourth-order valence-corrected chi connectivity index (χ4v) is 8.74. The zero-order chi connectivity index (χ0) is 39.6. The maximum atomic E-state index is 6.63. The van der Waals surface area contributed by atoms with E-state index in [1.165, 1.54) is 0 Å². The number of benzene rings is 8. The number of rotatable bonds is 7. The molecule has 3 aromatic heterocycles. The standard InChI is InChI=1S/C54H33N4O2.Pt/c1-3-15-36(16-4-1)41-23-14-24-42(37-17-5-2-6-18-37)53(41)57-35-56(47-30-31-50-52(54(47)57)45-22-8-10-26-49(45)60-50)38-19-13-20-39(33-38)59-40-28-29-44-43-21-7-9-25-46(43)58(48(44)34-40)51-27-11-12-32-55-51;/h1-32,35H;/q-3;. The molecular formula is C54H33N4O2Pt-3. The monoisotopic (exact) mass is 964 g/mol. The summed E-state index contributed by atoms with van der Waals surface area (Å²) in [5.74, 6) is 1.97. The zero-order valence-corrected chi connectivity index (χ0v) is 34.7.